The van der Waals surface area contributed by atoms with E-state index in [1.807, 2.05) is 0 Å². The van der Waals surface area contributed by atoms with E-state index in [-0.39, 0.29) is 16.9 Å². The number of nitrogens with two attached hydrogens (primary N) is 1. The fraction of sp³-hybridized carbons (Fsp3) is 0.118. The molecule has 0 aromatic heterocycles. The molecule has 130 valence electrons. The van der Waals surface area contributed by atoms with Crippen molar-refractivity contribution in [1.82, 2.24) is 0 Å². The van der Waals surface area contributed by atoms with Crippen molar-refractivity contribution in [3.63, 3.8) is 0 Å². The van der Waals surface area contributed by atoms with E-state index in [1.54, 1.807) is 0 Å². The maximum absolute atomic E-state index is 13.6. The average Bonchev–Trinajstić information content (AvgIpc) is 2.59. The van der Waals surface area contributed by atoms with Crippen LogP contribution in [-0.2, 0) is 4.74 Å². The van der Waals surface area contributed by atoms with Gasteiger partial charge in [-0.2, -0.15) is 0 Å². The number of halogens is 1. The number of hydrogen-bond acceptors (Lipinski definition) is 5. The van der Waals surface area contributed by atoms with E-state index in [9.17, 15) is 18.8 Å². The number of methoxy groups -OCH3 is 1. The smallest absolute Gasteiger partial charge is 0.338 e. The molecular weight excluding hydrogens is 331 g/mol. The predicted octanol–water partition coefficient (Wildman–Crippen LogP) is 2.36. The second-order valence-corrected chi connectivity index (χ2v) is 4.92. The molecule has 0 aliphatic heterocycles. The lowest BCUT2D eigenvalue weighted by Crippen LogP contribution is -2.19. The molecule has 0 fully saturated rings. The van der Waals surface area contributed by atoms with Crippen molar-refractivity contribution in [2.45, 2.75) is 0 Å². The fourth-order valence-electron chi connectivity index (χ4n) is 1.97. The van der Waals surface area contributed by atoms with Gasteiger partial charge in [0.25, 0.3) is 0 Å². The van der Waals surface area contributed by atoms with Crippen LogP contribution in [-0.4, -0.2) is 31.5 Å². The van der Waals surface area contributed by atoms with Crippen LogP contribution in [0.25, 0.3) is 0 Å². The summed E-state index contributed by atoms with van der Waals surface area (Å²) in [6.07, 6.45) is 0. The van der Waals surface area contributed by atoms with Crippen molar-refractivity contribution in [1.29, 1.82) is 0 Å². The van der Waals surface area contributed by atoms with Gasteiger partial charge in [-0.1, -0.05) is 0 Å². The molecule has 7 nitrogen and oxygen atoms in total. The Hall–Kier alpha value is -3.42. The molecule has 3 N–H and O–H groups in total. The molecule has 2 aromatic rings. The monoisotopic (exact) mass is 346 g/mol. The van der Waals surface area contributed by atoms with Gasteiger partial charge in [0.15, 0.2) is 24.0 Å². The highest BCUT2D eigenvalue weighted by atomic mass is 19.1. The SMILES string of the molecule is COc1ccc(C(=O)COC(=O)c2ccc(NC(N)=O)cc2)cc1F. The lowest BCUT2D eigenvalue weighted by molar-refractivity contribution is 0.0474. The summed E-state index contributed by atoms with van der Waals surface area (Å²) >= 11 is 0. The van der Waals surface area contributed by atoms with Crippen LogP contribution in [0.15, 0.2) is 42.5 Å². The topological polar surface area (TPSA) is 108 Å². The summed E-state index contributed by atoms with van der Waals surface area (Å²) < 4.78 is 23.3. The second kappa shape index (κ2) is 7.91. The highest BCUT2D eigenvalue weighted by Gasteiger charge is 2.14. The zero-order valence-electron chi connectivity index (χ0n) is 13.2. The van der Waals surface area contributed by atoms with Crippen molar-refractivity contribution in [3.05, 3.63) is 59.4 Å². The van der Waals surface area contributed by atoms with Crippen LogP contribution in [0, 0.1) is 5.82 Å². The Kier molecular flexibility index (Phi) is 5.67. The molecule has 2 amide bonds. The lowest BCUT2D eigenvalue weighted by Gasteiger charge is -2.07. The van der Waals surface area contributed by atoms with E-state index in [2.05, 4.69) is 5.32 Å². The average molecular weight is 346 g/mol. The Morgan fingerprint density at radius 3 is 2.28 bits per heavy atom. The van der Waals surface area contributed by atoms with Gasteiger partial charge < -0.3 is 20.5 Å². The molecule has 0 spiro atoms. The number of amides is 2. The van der Waals surface area contributed by atoms with Crippen molar-refractivity contribution in [2.75, 3.05) is 19.0 Å². The highest BCUT2D eigenvalue weighted by molar-refractivity contribution is 5.99. The molecule has 8 heteroatoms. The summed E-state index contributed by atoms with van der Waals surface area (Å²) in [6, 6.07) is 8.71. The molecule has 25 heavy (non-hydrogen) atoms. The number of urea groups is 1. The third-order valence-electron chi connectivity index (χ3n) is 3.20. The maximum atomic E-state index is 13.6. The normalized spacial score (nSPS) is 10.0. The van der Waals surface area contributed by atoms with Gasteiger partial charge in [-0.25, -0.2) is 14.0 Å². The molecular formula is C17H15FN2O5. The highest BCUT2D eigenvalue weighted by Crippen LogP contribution is 2.18. The summed E-state index contributed by atoms with van der Waals surface area (Å²) in [5.74, 6) is -1.95. The molecule has 0 unspecified atom stereocenters. The fourth-order valence-corrected chi connectivity index (χ4v) is 1.97. The molecule has 2 aromatic carbocycles. The van der Waals surface area contributed by atoms with Crippen LogP contribution in [0.2, 0.25) is 0 Å². The van der Waals surface area contributed by atoms with Crippen molar-refractivity contribution in [2.24, 2.45) is 5.73 Å². The van der Waals surface area contributed by atoms with Crippen molar-refractivity contribution in [3.8, 4) is 5.75 Å². The van der Waals surface area contributed by atoms with Gasteiger partial charge in [-0.05, 0) is 42.5 Å². The van der Waals surface area contributed by atoms with Gasteiger partial charge in [-0.3, -0.25) is 4.79 Å². The maximum Gasteiger partial charge on any atom is 0.338 e. The Bertz CT molecular complexity index is 805. The minimum Gasteiger partial charge on any atom is -0.494 e. The Morgan fingerprint density at radius 2 is 1.72 bits per heavy atom. The van der Waals surface area contributed by atoms with E-state index in [1.165, 1.54) is 43.5 Å². The number of esters is 1. The minimum atomic E-state index is -0.729. The number of nitrogens with one attached hydrogen (secondary N) is 1. The first kappa shape index (κ1) is 17.9. The largest absolute Gasteiger partial charge is 0.494 e. The van der Waals surface area contributed by atoms with E-state index >= 15 is 0 Å². The van der Waals surface area contributed by atoms with Gasteiger partial charge in [0, 0.05) is 11.3 Å². The summed E-state index contributed by atoms with van der Waals surface area (Å²) in [6.45, 7) is -0.536. The van der Waals surface area contributed by atoms with E-state index in [4.69, 9.17) is 15.2 Å². The number of carbonyl (C=O) groups is 3. The Labute approximate surface area is 142 Å². The van der Waals surface area contributed by atoms with Gasteiger partial charge in [-0.15, -0.1) is 0 Å². The van der Waals surface area contributed by atoms with Crippen LogP contribution >= 0.6 is 0 Å². The summed E-state index contributed by atoms with van der Waals surface area (Å²) in [7, 11) is 1.31. The van der Waals surface area contributed by atoms with E-state index in [0.717, 1.165) is 6.07 Å². The molecule has 0 saturated carbocycles. The summed E-state index contributed by atoms with van der Waals surface area (Å²) in [5.41, 5.74) is 5.63. The van der Waals surface area contributed by atoms with Crippen LogP contribution in [0.1, 0.15) is 20.7 Å². The summed E-state index contributed by atoms with van der Waals surface area (Å²) in [4.78, 5) is 34.6. The molecule has 0 radical (unpaired) electrons. The number of carbonyl (C=O) groups excluding carboxylic acids is 3. The number of anilines is 1. The standard InChI is InChI=1S/C17H15FN2O5/c1-24-15-7-4-11(8-13(15)18)14(21)9-25-16(22)10-2-5-12(6-3-10)20-17(19)23/h2-8H,9H2,1H3,(H3,19,20,23). The first-order chi connectivity index (χ1) is 11.9. The Morgan fingerprint density at radius 1 is 1.08 bits per heavy atom. The molecule has 0 heterocycles. The van der Waals surface area contributed by atoms with Crippen LogP contribution in [0.4, 0.5) is 14.9 Å². The van der Waals surface area contributed by atoms with Crippen LogP contribution in [0.5, 0.6) is 5.75 Å². The lowest BCUT2D eigenvalue weighted by atomic mass is 10.1. The molecule has 0 bridgehead atoms. The number of rotatable bonds is 6. The molecule has 0 aliphatic rings. The number of ketones is 1. The molecule has 0 atom stereocenters. The third-order valence-corrected chi connectivity index (χ3v) is 3.20. The van der Waals surface area contributed by atoms with Crippen LogP contribution < -0.4 is 15.8 Å². The predicted molar refractivity (Wildman–Crippen MR) is 87.2 cm³/mol. The van der Waals surface area contributed by atoms with Crippen molar-refractivity contribution < 1.29 is 28.2 Å². The number of primary amides is 1. The Balaban J connectivity index is 1.96. The summed E-state index contributed by atoms with van der Waals surface area (Å²) in [5, 5.41) is 2.34. The zero-order valence-corrected chi connectivity index (χ0v) is 13.2. The van der Waals surface area contributed by atoms with Gasteiger partial charge >= 0.3 is 12.0 Å². The first-order valence-corrected chi connectivity index (χ1v) is 7.11. The second-order valence-electron chi connectivity index (χ2n) is 4.92. The molecule has 2 rings (SSSR count). The van der Waals surface area contributed by atoms with Gasteiger partial charge in [0.1, 0.15) is 0 Å². The molecule has 0 saturated heterocycles. The van der Waals surface area contributed by atoms with Gasteiger partial charge in [0.2, 0.25) is 0 Å². The number of hydrogen-bond donors (Lipinski definition) is 2. The third kappa shape index (κ3) is 4.77. The number of benzene rings is 2. The van der Waals surface area contributed by atoms with Crippen molar-refractivity contribution >= 4 is 23.5 Å². The first-order valence-electron chi connectivity index (χ1n) is 7.11. The molecule has 0 aliphatic carbocycles. The minimum absolute atomic E-state index is 0.0122. The van der Waals surface area contributed by atoms with Crippen LogP contribution in [0.3, 0.4) is 0 Å². The zero-order chi connectivity index (χ0) is 18.4. The van der Waals surface area contributed by atoms with E-state index in [0.29, 0.717) is 5.69 Å². The van der Waals surface area contributed by atoms with E-state index < -0.39 is 30.2 Å². The number of ether oxygens (including phenoxy) is 2. The number of Topliss-reactive ketones (excluding diaryl/α,β-unsaturated/α-hetero) is 1. The van der Waals surface area contributed by atoms with Gasteiger partial charge in [0.05, 0.1) is 12.7 Å². The quantitative estimate of drug-likeness (QED) is 0.617.